The van der Waals surface area contributed by atoms with Crippen LogP contribution < -0.4 is 0 Å². The first-order valence-electron chi connectivity index (χ1n) is 9.30. The fraction of sp³-hybridized carbons (Fsp3) is 0.174. The van der Waals surface area contributed by atoms with Crippen LogP contribution in [0.25, 0.3) is 11.1 Å². The van der Waals surface area contributed by atoms with Gasteiger partial charge in [-0.2, -0.15) is 0 Å². The molecule has 4 nitrogen and oxygen atoms in total. The summed E-state index contributed by atoms with van der Waals surface area (Å²) in [5.41, 5.74) is 3.88. The van der Waals surface area contributed by atoms with Crippen molar-refractivity contribution in [2.45, 2.75) is 17.1 Å². The molecule has 0 atom stereocenters. The lowest BCUT2D eigenvalue weighted by molar-refractivity contribution is 0.0659. The Labute approximate surface area is 175 Å². The summed E-state index contributed by atoms with van der Waals surface area (Å²) in [6.45, 7) is 2.44. The molecule has 0 radical (unpaired) electrons. The van der Waals surface area contributed by atoms with Gasteiger partial charge in [-0.1, -0.05) is 53.6 Å². The molecule has 0 spiro atoms. The molecule has 0 saturated carbocycles. The van der Waals surface area contributed by atoms with Crippen LogP contribution >= 0.6 is 11.6 Å². The second-order valence-electron chi connectivity index (χ2n) is 7.27. The normalized spacial score (nSPS) is 14.5. The van der Waals surface area contributed by atoms with Gasteiger partial charge in [-0.3, -0.25) is 4.79 Å². The predicted molar refractivity (Wildman–Crippen MR) is 115 cm³/mol. The Balaban J connectivity index is 1.42. The van der Waals surface area contributed by atoms with Gasteiger partial charge < -0.3 is 4.90 Å². The zero-order chi connectivity index (χ0) is 20.6. The van der Waals surface area contributed by atoms with E-state index in [9.17, 15) is 13.2 Å². The Hall–Kier alpha value is -2.63. The minimum atomic E-state index is -3.47. The van der Waals surface area contributed by atoms with Crippen LogP contribution in [0.15, 0.2) is 77.7 Å². The number of hydrogen-bond acceptors (Lipinski definition) is 3. The largest absolute Gasteiger partial charge is 0.336 e. The minimum absolute atomic E-state index is 0.150. The lowest BCUT2D eigenvalue weighted by Gasteiger charge is -2.38. The Morgan fingerprint density at radius 1 is 0.862 bits per heavy atom. The Morgan fingerprint density at radius 2 is 1.38 bits per heavy atom. The van der Waals surface area contributed by atoms with Gasteiger partial charge >= 0.3 is 0 Å². The van der Waals surface area contributed by atoms with Crippen molar-refractivity contribution in [2.24, 2.45) is 0 Å². The van der Waals surface area contributed by atoms with E-state index >= 15 is 0 Å². The second-order valence-corrected chi connectivity index (χ2v) is 9.94. The van der Waals surface area contributed by atoms with Crippen LogP contribution in [0.3, 0.4) is 0 Å². The van der Waals surface area contributed by atoms with Gasteiger partial charge in [0.25, 0.3) is 5.91 Å². The highest BCUT2D eigenvalue weighted by molar-refractivity contribution is 7.92. The first kappa shape index (κ1) is 19.7. The van der Waals surface area contributed by atoms with E-state index in [0.717, 1.165) is 11.1 Å². The summed E-state index contributed by atoms with van der Waals surface area (Å²) in [5.74, 6) is -0.150. The average molecular weight is 426 g/mol. The summed E-state index contributed by atoms with van der Waals surface area (Å²) in [7, 11) is -3.47. The Bertz CT molecular complexity index is 1130. The van der Waals surface area contributed by atoms with Crippen molar-refractivity contribution >= 4 is 27.3 Å². The van der Waals surface area contributed by atoms with E-state index < -0.39 is 15.1 Å². The smallest absolute Gasteiger partial charge is 0.253 e. The SMILES string of the molecule is Cc1ccc(-c2ccc(C(=O)N3CC(S(=O)(=O)c4ccc(Cl)cc4)C3)cc2)cc1. The molecule has 1 aliphatic heterocycles. The number of likely N-dealkylation sites (tertiary alicyclic amines) is 1. The van der Waals surface area contributed by atoms with Crippen molar-refractivity contribution < 1.29 is 13.2 Å². The van der Waals surface area contributed by atoms with Crippen LogP contribution in [0.5, 0.6) is 0 Å². The zero-order valence-electron chi connectivity index (χ0n) is 15.9. The van der Waals surface area contributed by atoms with E-state index in [1.807, 2.05) is 31.2 Å². The summed E-state index contributed by atoms with van der Waals surface area (Å²) < 4.78 is 25.3. The van der Waals surface area contributed by atoms with E-state index in [0.29, 0.717) is 10.6 Å². The van der Waals surface area contributed by atoms with Crippen molar-refractivity contribution in [3.05, 3.63) is 88.9 Å². The molecule has 148 valence electrons. The quantitative estimate of drug-likeness (QED) is 0.613. The standard InChI is InChI=1S/C23H20ClNO3S/c1-16-2-4-17(5-3-16)18-6-8-19(9-7-18)23(26)25-14-22(15-25)29(27,28)21-12-10-20(24)11-13-21/h2-13,22H,14-15H2,1H3. The number of amides is 1. The van der Waals surface area contributed by atoms with E-state index in [-0.39, 0.29) is 23.9 Å². The van der Waals surface area contributed by atoms with Gasteiger partial charge in [0.2, 0.25) is 0 Å². The minimum Gasteiger partial charge on any atom is -0.336 e. The maximum atomic E-state index is 12.7. The van der Waals surface area contributed by atoms with Gasteiger partial charge in [-0.15, -0.1) is 0 Å². The van der Waals surface area contributed by atoms with Crippen LogP contribution in [0.1, 0.15) is 15.9 Å². The van der Waals surface area contributed by atoms with Gasteiger partial charge in [0.05, 0.1) is 4.90 Å². The molecule has 0 N–H and O–H groups in total. The molecular weight excluding hydrogens is 406 g/mol. The van der Waals surface area contributed by atoms with Crippen molar-refractivity contribution in [2.75, 3.05) is 13.1 Å². The van der Waals surface area contributed by atoms with Crippen molar-refractivity contribution in [1.82, 2.24) is 4.90 Å². The molecule has 4 rings (SSSR count). The fourth-order valence-electron chi connectivity index (χ4n) is 3.35. The lowest BCUT2D eigenvalue weighted by atomic mass is 10.0. The summed E-state index contributed by atoms with van der Waals surface area (Å²) >= 11 is 5.83. The molecule has 6 heteroatoms. The molecule has 1 saturated heterocycles. The maximum absolute atomic E-state index is 12.7. The fourth-order valence-corrected chi connectivity index (χ4v) is 5.13. The third kappa shape index (κ3) is 3.93. The molecule has 1 heterocycles. The van der Waals surface area contributed by atoms with Gasteiger partial charge in [0.15, 0.2) is 9.84 Å². The molecule has 1 fully saturated rings. The monoisotopic (exact) mass is 425 g/mol. The summed E-state index contributed by atoms with van der Waals surface area (Å²) in [5, 5.41) is -0.0945. The molecule has 3 aromatic carbocycles. The Morgan fingerprint density at radius 3 is 1.93 bits per heavy atom. The third-order valence-electron chi connectivity index (χ3n) is 5.23. The molecule has 1 amide bonds. The first-order chi connectivity index (χ1) is 13.8. The molecule has 0 aliphatic carbocycles. The van der Waals surface area contributed by atoms with E-state index in [1.165, 1.54) is 17.7 Å². The van der Waals surface area contributed by atoms with E-state index in [4.69, 9.17) is 11.6 Å². The molecule has 0 unspecified atom stereocenters. The molecular formula is C23H20ClNO3S. The highest BCUT2D eigenvalue weighted by Gasteiger charge is 2.40. The number of carbonyl (C=O) groups excluding carboxylic acids is 1. The summed E-state index contributed by atoms with van der Waals surface area (Å²) in [4.78, 5) is 14.5. The molecule has 0 aromatic heterocycles. The van der Waals surface area contributed by atoms with Crippen LogP contribution in [0, 0.1) is 6.92 Å². The van der Waals surface area contributed by atoms with Crippen LogP contribution in [0.2, 0.25) is 5.02 Å². The van der Waals surface area contributed by atoms with E-state index in [1.54, 1.807) is 29.2 Å². The number of aryl methyl sites for hydroxylation is 1. The average Bonchev–Trinajstić information content (AvgIpc) is 2.67. The number of carbonyl (C=O) groups is 1. The van der Waals surface area contributed by atoms with Gasteiger partial charge in [-0.05, 0) is 54.4 Å². The van der Waals surface area contributed by atoms with Crippen LogP contribution in [-0.4, -0.2) is 37.6 Å². The van der Waals surface area contributed by atoms with Crippen molar-refractivity contribution in [3.8, 4) is 11.1 Å². The van der Waals surface area contributed by atoms with Crippen LogP contribution in [-0.2, 0) is 9.84 Å². The molecule has 29 heavy (non-hydrogen) atoms. The van der Waals surface area contributed by atoms with Gasteiger partial charge in [-0.25, -0.2) is 8.42 Å². The number of benzene rings is 3. The molecule has 3 aromatic rings. The van der Waals surface area contributed by atoms with Crippen molar-refractivity contribution in [3.63, 3.8) is 0 Å². The number of nitrogens with zero attached hydrogens (tertiary/aromatic N) is 1. The number of halogens is 1. The number of rotatable bonds is 4. The number of hydrogen-bond donors (Lipinski definition) is 0. The topological polar surface area (TPSA) is 54.5 Å². The summed E-state index contributed by atoms with van der Waals surface area (Å²) in [6.07, 6.45) is 0. The van der Waals surface area contributed by atoms with E-state index in [2.05, 4.69) is 12.1 Å². The third-order valence-corrected chi connectivity index (χ3v) is 7.59. The summed E-state index contributed by atoms with van der Waals surface area (Å²) in [6, 6.07) is 21.7. The van der Waals surface area contributed by atoms with Gasteiger partial charge in [0.1, 0.15) is 5.25 Å². The molecule has 0 bridgehead atoms. The molecule has 1 aliphatic rings. The predicted octanol–water partition coefficient (Wildman–Crippen LogP) is 4.61. The first-order valence-corrected chi connectivity index (χ1v) is 11.2. The maximum Gasteiger partial charge on any atom is 0.253 e. The second kappa shape index (κ2) is 7.65. The lowest BCUT2D eigenvalue weighted by Crippen LogP contribution is -2.56. The van der Waals surface area contributed by atoms with Crippen LogP contribution in [0.4, 0.5) is 0 Å². The zero-order valence-corrected chi connectivity index (χ0v) is 17.5. The highest BCUT2D eigenvalue weighted by Crippen LogP contribution is 2.27. The number of sulfone groups is 1. The highest BCUT2D eigenvalue weighted by atomic mass is 35.5. The van der Waals surface area contributed by atoms with Gasteiger partial charge in [0, 0.05) is 23.7 Å². The Kier molecular flexibility index (Phi) is 5.19. The van der Waals surface area contributed by atoms with Crippen molar-refractivity contribution in [1.29, 1.82) is 0 Å².